The Labute approximate surface area is 141 Å². The number of piperidine rings is 1. The summed E-state index contributed by atoms with van der Waals surface area (Å²) >= 11 is 0. The Balaban J connectivity index is 2.39. The second-order valence-electron chi connectivity index (χ2n) is 5.74. The second kappa shape index (κ2) is 7.58. The smallest absolute Gasteiger partial charge is 0.327 e. The standard InChI is InChI=1S/C16H22FNO5S/c1-2-23-15(20)16(7-9-18(10-8-16)11-12-19)24(21,22)14-5-3-13(17)4-6-14/h3-6,19H,2,7-12H2,1H3. The van der Waals surface area contributed by atoms with Crippen LogP contribution in [0, 0.1) is 5.82 Å². The van der Waals surface area contributed by atoms with Gasteiger partial charge in [-0.2, -0.15) is 0 Å². The fraction of sp³-hybridized carbons (Fsp3) is 0.562. The number of halogens is 1. The van der Waals surface area contributed by atoms with Crippen molar-refractivity contribution >= 4 is 15.8 Å². The largest absolute Gasteiger partial charge is 0.465 e. The van der Waals surface area contributed by atoms with Crippen LogP contribution in [0.25, 0.3) is 0 Å². The molecule has 134 valence electrons. The minimum atomic E-state index is -4.03. The molecule has 2 rings (SSSR count). The van der Waals surface area contributed by atoms with E-state index in [1.165, 1.54) is 12.1 Å². The predicted molar refractivity (Wildman–Crippen MR) is 85.7 cm³/mol. The molecule has 24 heavy (non-hydrogen) atoms. The van der Waals surface area contributed by atoms with Crippen LogP contribution in [0.3, 0.4) is 0 Å². The number of hydrogen-bond donors (Lipinski definition) is 1. The zero-order valence-corrected chi connectivity index (χ0v) is 14.4. The van der Waals surface area contributed by atoms with E-state index in [1.54, 1.807) is 6.92 Å². The fourth-order valence-electron chi connectivity index (χ4n) is 2.96. The van der Waals surface area contributed by atoms with Crippen LogP contribution in [0.4, 0.5) is 4.39 Å². The Bertz CT molecular complexity index is 666. The Morgan fingerprint density at radius 2 is 1.88 bits per heavy atom. The summed E-state index contributed by atoms with van der Waals surface area (Å²) in [5, 5.41) is 9.02. The molecule has 0 aliphatic carbocycles. The van der Waals surface area contributed by atoms with E-state index < -0.39 is 26.4 Å². The third kappa shape index (κ3) is 3.45. The van der Waals surface area contributed by atoms with Gasteiger partial charge in [0.1, 0.15) is 5.82 Å². The lowest BCUT2D eigenvalue weighted by molar-refractivity contribution is -0.147. The normalized spacial score (nSPS) is 18.3. The molecule has 0 radical (unpaired) electrons. The van der Waals surface area contributed by atoms with Gasteiger partial charge in [0.15, 0.2) is 14.6 Å². The van der Waals surface area contributed by atoms with Crippen LogP contribution in [0.15, 0.2) is 29.2 Å². The number of aliphatic hydroxyl groups excluding tert-OH is 1. The number of sulfone groups is 1. The number of ether oxygens (including phenoxy) is 1. The summed E-state index contributed by atoms with van der Waals surface area (Å²) in [4.78, 5) is 14.3. The molecule has 6 nitrogen and oxygen atoms in total. The van der Waals surface area contributed by atoms with Gasteiger partial charge in [-0.3, -0.25) is 4.79 Å². The third-order valence-electron chi connectivity index (χ3n) is 4.37. The molecule has 1 heterocycles. The molecule has 0 aromatic heterocycles. The zero-order chi connectivity index (χ0) is 17.8. The number of hydrogen-bond acceptors (Lipinski definition) is 6. The molecule has 0 unspecified atom stereocenters. The van der Waals surface area contributed by atoms with Crippen molar-refractivity contribution < 1.29 is 27.4 Å². The maximum atomic E-state index is 13.1. The Morgan fingerprint density at radius 3 is 2.38 bits per heavy atom. The summed E-state index contributed by atoms with van der Waals surface area (Å²) in [5.41, 5.74) is 0. The highest BCUT2D eigenvalue weighted by molar-refractivity contribution is 7.93. The molecule has 1 aromatic carbocycles. The van der Waals surface area contributed by atoms with E-state index in [1.807, 2.05) is 4.90 Å². The SMILES string of the molecule is CCOC(=O)C1(S(=O)(=O)c2ccc(F)cc2)CCN(CCO)CC1. The van der Waals surface area contributed by atoms with Gasteiger partial charge in [-0.15, -0.1) is 0 Å². The molecule has 1 N–H and O–H groups in total. The molecule has 0 atom stereocenters. The first-order chi connectivity index (χ1) is 11.4. The molecule has 8 heteroatoms. The van der Waals surface area contributed by atoms with Crippen LogP contribution in [0.1, 0.15) is 19.8 Å². The number of carbonyl (C=O) groups excluding carboxylic acids is 1. The highest BCUT2D eigenvalue weighted by Gasteiger charge is 2.54. The lowest BCUT2D eigenvalue weighted by atomic mass is 9.95. The summed E-state index contributed by atoms with van der Waals surface area (Å²) in [6.07, 6.45) is 0.150. The van der Waals surface area contributed by atoms with Gasteiger partial charge in [-0.1, -0.05) is 0 Å². The molecule has 0 spiro atoms. The van der Waals surface area contributed by atoms with Crippen molar-refractivity contribution in [2.75, 3.05) is 32.8 Å². The number of carbonyl (C=O) groups is 1. The van der Waals surface area contributed by atoms with Crippen molar-refractivity contribution in [1.29, 1.82) is 0 Å². The van der Waals surface area contributed by atoms with Crippen molar-refractivity contribution in [1.82, 2.24) is 4.90 Å². The van der Waals surface area contributed by atoms with Crippen LogP contribution in [-0.4, -0.2) is 62.0 Å². The monoisotopic (exact) mass is 359 g/mol. The van der Waals surface area contributed by atoms with Crippen LogP contribution >= 0.6 is 0 Å². The fourth-order valence-corrected chi connectivity index (χ4v) is 4.91. The maximum absolute atomic E-state index is 13.1. The van der Waals surface area contributed by atoms with Crippen molar-refractivity contribution in [3.8, 4) is 0 Å². The van der Waals surface area contributed by atoms with Gasteiger partial charge in [-0.25, -0.2) is 12.8 Å². The van der Waals surface area contributed by atoms with E-state index in [2.05, 4.69) is 0 Å². The van der Waals surface area contributed by atoms with Gasteiger partial charge >= 0.3 is 5.97 Å². The third-order valence-corrected chi connectivity index (χ3v) is 6.86. The minimum Gasteiger partial charge on any atom is -0.465 e. The summed E-state index contributed by atoms with van der Waals surface area (Å²) in [6, 6.07) is 4.47. The zero-order valence-electron chi connectivity index (χ0n) is 13.6. The lowest BCUT2D eigenvalue weighted by Gasteiger charge is -2.39. The first kappa shape index (κ1) is 18.8. The molecular weight excluding hydrogens is 337 g/mol. The van der Waals surface area contributed by atoms with Crippen LogP contribution in [-0.2, 0) is 19.4 Å². The average Bonchev–Trinajstić information content (AvgIpc) is 2.56. The Kier molecular flexibility index (Phi) is 5.95. The van der Waals surface area contributed by atoms with E-state index in [0.717, 1.165) is 12.1 Å². The average molecular weight is 359 g/mol. The predicted octanol–water partition coefficient (Wildman–Crippen LogP) is 0.989. The first-order valence-electron chi connectivity index (χ1n) is 7.88. The molecule has 0 bridgehead atoms. The number of β-amino-alcohol motifs (C(OH)–C–C–N with tert-alkyl or cyclic N) is 1. The van der Waals surface area contributed by atoms with E-state index in [4.69, 9.17) is 9.84 Å². The second-order valence-corrected chi connectivity index (χ2v) is 8.00. The quantitative estimate of drug-likeness (QED) is 0.602. The van der Waals surface area contributed by atoms with E-state index in [9.17, 15) is 17.6 Å². The summed E-state index contributed by atoms with van der Waals surface area (Å²) in [5.74, 6) is -1.31. The number of nitrogens with zero attached hydrogens (tertiary/aromatic N) is 1. The molecule has 1 saturated heterocycles. The highest BCUT2D eigenvalue weighted by atomic mass is 32.2. The molecule has 0 amide bonds. The minimum absolute atomic E-state index is 0.0306. The van der Waals surface area contributed by atoms with Gasteiger partial charge in [-0.05, 0) is 44.0 Å². The number of esters is 1. The lowest BCUT2D eigenvalue weighted by Crippen LogP contribution is -2.55. The molecule has 1 aliphatic rings. The first-order valence-corrected chi connectivity index (χ1v) is 9.36. The van der Waals surface area contributed by atoms with Crippen molar-refractivity contribution in [3.63, 3.8) is 0 Å². The van der Waals surface area contributed by atoms with Gasteiger partial charge in [0.2, 0.25) is 0 Å². The number of rotatable bonds is 6. The van der Waals surface area contributed by atoms with Crippen molar-refractivity contribution in [2.45, 2.75) is 29.4 Å². The van der Waals surface area contributed by atoms with E-state index >= 15 is 0 Å². The van der Waals surface area contributed by atoms with Gasteiger partial charge in [0.05, 0.1) is 18.1 Å². The van der Waals surface area contributed by atoms with E-state index in [-0.39, 0.29) is 31.0 Å². The Morgan fingerprint density at radius 1 is 1.29 bits per heavy atom. The van der Waals surface area contributed by atoms with Crippen LogP contribution in [0.2, 0.25) is 0 Å². The van der Waals surface area contributed by atoms with Gasteiger partial charge in [0, 0.05) is 19.6 Å². The highest BCUT2D eigenvalue weighted by Crippen LogP contribution is 2.36. The summed E-state index contributed by atoms with van der Waals surface area (Å²) < 4.78 is 42.7. The van der Waals surface area contributed by atoms with Crippen molar-refractivity contribution in [2.24, 2.45) is 0 Å². The van der Waals surface area contributed by atoms with Crippen LogP contribution in [0.5, 0.6) is 0 Å². The summed E-state index contributed by atoms with van der Waals surface area (Å²) in [6.45, 7) is 2.82. The topological polar surface area (TPSA) is 83.9 Å². The number of benzene rings is 1. The molecule has 1 aliphatic heterocycles. The Hall–Kier alpha value is -1.51. The van der Waals surface area contributed by atoms with Crippen LogP contribution < -0.4 is 0 Å². The number of likely N-dealkylation sites (tertiary alicyclic amines) is 1. The number of aliphatic hydroxyl groups is 1. The van der Waals surface area contributed by atoms with Gasteiger partial charge in [0.25, 0.3) is 0 Å². The molecule has 0 saturated carbocycles. The summed E-state index contributed by atoms with van der Waals surface area (Å²) in [7, 11) is -4.03. The van der Waals surface area contributed by atoms with Gasteiger partial charge < -0.3 is 14.7 Å². The molecular formula is C16H22FNO5S. The maximum Gasteiger partial charge on any atom is 0.327 e. The van der Waals surface area contributed by atoms with E-state index in [0.29, 0.717) is 19.6 Å². The molecule has 1 fully saturated rings. The van der Waals surface area contributed by atoms with Crippen molar-refractivity contribution in [3.05, 3.63) is 30.1 Å². The molecule has 1 aromatic rings.